The van der Waals surface area contributed by atoms with Gasteiger partial charge in [-0.15, -0.1) is 6.58 Å². The summed E-state index contributed by atoms with van der Waals surface area (Å²) in [6, 6.07) is 22.0. The Labute approximate surface area is 181 Å². The van der Waals surface area contributed by atoms with Crippen LogP contribution in [0.15, 0.2) is 96.4 Å². The van der Waals surface area contributed by atoms with E-state index < -0.39 is 10.0 Å². The third kappa shape index (κ3) is 5.16. The molecule has 1 N–H and O–H groups in total. The lowest BCUT2D eigenvalue weighted by Gasteiger charge is -2.21. The Kier molecular flexibility index (Phi) is 7.05. The highest BCUT2D eigenvalue weighted by Crippen LogP contribution is 2.22. The summed E-state index contributed by atoms with van der Waals surface area (Å²) in [7, 11) is -3.67. The number of amides is 1. The summed E-state index contributed by atoms with van der Waals surface area (Å²) in [5.41, 5.74) is 1.73. The van der Waals surface area contributed by atoms with Gasteiger partial charge in [0.05, 0.1) is 15.6 Å². The Morgan fingerprint density at radius 2 is 1.60 bits per heavy atom. The van der Waals surface area contributed by atoms with E-state index in [1.807, 2.05) is 0 Å². The van der Waals surface area contributed by atoms with Gasteiger partial charge in [0.2, 0.25) is 10.0 Å². The van der Waals surface area contributed by atoms with Gasteiger partial charge in [0, 0.05) is 18.7 Å². The van der Waals surface area contributed by atoms with E-state index in [1.54, 1.807) is 84.9 Å². The van der Waals surface area contributed by atoms with Crippen molar-refractivity contribution < 1.29 is 13.2 Å². The molecule has 0 spiro atoms. The molecule has 154 valence electrons. The van der Waals surface area contributed by atoms with Crippen molar-refractivity contribution in [2.24, 2.45) is 0 Å². The van der Waals surface area contributed by atoms with Crippen LogP contribution in [0.25, 0.3) is 0 Å². The summed E-state index contributed by atoms with van der Waals surface area (Å²) < 4.78 is 27.2. The predicted molar refractivity (Wildman–Crippen MR) is 120 cm³/mol. The van der Waals surface area contributed by atoms with E-state index in [9.17, 15) is 13.2 Å². The fourth-order valence-electron chi connectivity index (χ4n) is 2.86. The smallest absolute Gasteiger partial charge is 0.255 e. The molecule has 5 nitrogen and oxygen atoms in total. The molecule has 0 aliphatic rings. The molecule has 30 heavy (non-hydrogen) atoms. The van der Waals surface area contributed by atoms with Gasteiger partial charge >= 0.3 is 0 Å². The number of hydrogen-bond donors (Lipinski definition) is 1. The van der Waals surface area contributed by atoms with Crippen molar-refractivity contribution in [2.45, 2.75) is 11.4 Å². The minimum Gasteiger partial charge on any atom is -0.321 e. The van der Waals surface area contributed by atoms with Crippen LogP contribution in [-0.2, 0) is 16.6 Å². The summed E-state index contributed by atoms with van der Waals surface area (Å²) in [6.45, 7) is 4.00. The third-order valence-electron chi connectivity index (χ3n) is 4.41. The van der Waals surface area contributed by atoms with Crippen LogP contribution in [0.1, 0.15) is 15.9 Å². The highest BCUT2D eigenvalue weighted by molar-refractivity contribution is 7.89. The number of para-hydroxylation sites is 1. The maximum atomic E-state index is 12.9. The molecule has 0 saturated carbocycles. The van der Waals surface area contributed by atoms with Crippen LogP contribution in [-0.4, -0.2) is 25.2 Å². The normalized spacial score (nSPS) is 11.3. The molecule has 0 aromatic heterocycles. The number of carbonyl (C=O) groups is 1. The summed E-state index contributed by atoms with van der Waals surface area (Å²) in [4.78, 5) is 12.7. The fourth-order valence-corrected chi connectivity index (χ4v) is 4.46. The van der Waals surface area contributed by atoms with Gasteiger partial charge < -0.3 is 5.32 Å². The molecular weight excluding hydrogens is 420 g/mol. The van der Waals surface area contributed by atoms with Crippen molar-refractivity contribution in [1.29, 1.82) is 0 Å². The zero-order chi connectivity index (χ0) is 21.6. The minimum absolute atomic E-state index is 0.162. The fraction of sp³-hybridized carbons (Fsp3) is 0.0870. The first-order chi connectivity index (χ1) is 14.4. The Hall–Kier alpha value is -2.93. The molecule has 3 rings (SSSR count). The lowest BCUT2D eigenvalue weighted by atomic mass is 10.1. The topological polar surface area (TPSA) is 66.5 Å². The average Bonchev–Trinajstić information content (AvgIpc) is 2.76. The number of hydrogen-bond acceptors (Lipinski definition) is 3. The first-order valence-corrected chi connectivity index (χ1v) is 11.0. The average molecular weight is 441 g/mol. The van der Waals surface area contributed by atoms with Crippen LogP contribution in [0.5, 0.6) is 0 Å². The van der Waals surface area contributed by atoms with E-state index in [0.717, 1.165) is 5.56 Å². The van der Waals surface area contributed by atoms with Crippen LogP contribution in [0.2, 0.25) is 5.02 Å². The number of anilines is 1. The maximum Gasteiger partial charge on any atom is 0.255 e. The van der Waals surface area contributed by atoms with Crippen LogP contribution >= 0.6 is 11.6 Å². The molecule has 0 bridgehead atoms. The molecule has 0 atom stereocenters. The SMILES string of the molecule is C=CCN(Cc1ccc(C(=O)Nc2ccccc2Cl)cc1)S(=O)(=O)c1ccccc1. The molecule has 0 fully saturated rings. The monoisotopic (exact) mass is 440 g/mol. The van der Waals surface area contributed by atoms with Gasteiger partial charge in [-0.3, -0.25) is 4.79 Å². The Bertz CT molecular complexity index is 1130. The van der Waals surface area contributed by atoms with Crippen molar-refractivity contribution >= 4 is 33.2 Å². The van der Waals surface area contributed by atoms with Crippen LogP contribution in [0, 0.1) is 0 Å². The number of sulfonamides is 1. The predicted octanol–water partition coefficient (Wildman–Crippen LogP) is 4.97. The molecule has 3 aromatic carbocycles. The molecule has 7 heteroatoms. The zero-order valence-corrected chi connectivity index (χ0v) is 17.7. The molecule has 0 heterocycles. The van der Waals surface area contributed by atoms with Crippen molar-refractivity contribution in [3.8, 4) is 0 Å². The van der Waals surface area contributed by atoms with Crippen molar-refractivity contribution in [1.82, 2.24) is 4.31 Å². The number of halogens is 1. The van der Waals surface area contributed by atoms with Gasteiger partial charge in [-0.1, -0.05) is 60.1 Å². The standard InChI is InChI=1S/C23H21ClN2O3S/c1-2-16-26(30(28,29)20-8-4-3-5-9-20)17-18-12-14-19(15-13-18)23(27)25-22-11-7-6-10-21(22)24/h2-15H,1,16-17H2,(H,25,27). The van der Waals surface area contributed by atoms with Crippen LogP contribution in [0.3, 0.4) is 0 Å². The quantitative estimate of drug-likeness (QED) is 0.503. The molecule has 0 aliphatic carbocycles. The second-order valence-electron chi connectivity index (χ2n) is 6.53. The van der Waals surface area contributed by atoms with Crippen LogP contribution < -0.4 is 5.32 Å². The van der Waals surface area contributed by atoms with E-state index in [4.69, 9.17) is 11.6 Å². The molecule has 0 unspecified atom stereocenters. The van der Waals surface area contributed by atoms with Crippen molar-refractivity contribution in [2.75, 3.05) is 11.9 Å². The van der Waals surface area contributed by atoms with Gasteiger partial charge in [0.1, 0.15) is 0 Å². The minimum atomic E-state index is -3.67. The summed E-state index contributed by atoms with van der Waals surface area (Å²) in [6.07, 6.45) is 1.55. The molecule has 3 aromatic rings. The third-order valence-corrected chi connectivity index (χ3v) is 6.57. The molecule has 0 aliphatic heterocycles. The largest absolute Gasteiger partial charge is 0.321 e. The molecule has 0 radical (unpaired) electrons. The first kappa shape index (κ1) is 21.8. The summed E-state index contributed by atoms with van der Waals surface area (Å²) >= 11 is 6.08. The van der Waals surface area contributed by atoms with E-state index in [0.29, 0.717) is 16.3 Å². The lowest BCUT2D eigenvalue weighted by molar-refractivity contribution is 0.102. The highest BCUT2D eigenvalue weighted by atomic mass is 35.5. The lowest BCUT2D eigenvalue weighted by Crippen LogP contribution is -2.30. The van der Waals surface area contributed by atoms with Gasteiger partial charge in [0.25, 0.3) is 5.91 Å². The molecule has 1 amide bonds. The van der Waals surface area contributed by atoms with E-state index in [2.05, 4.69) is 11.9 Å². The van der Waals surface area contributed by atoms with Crippen molar-refractivity contribution in [3.05, 3.63) is 108 Å². The van der Waals surface area contributed by atoms with E-state index in [1.165, 1.54) is 4.31 Å². The summed E-state index contributed by atoms with van der Waals surface area (Å²) in [5, 5.41) is 3.21. The second-order valence-corrected chi connectivity index (χ2v) is 8.88. The van der Waals surface area contributed by atoms with Gasteiger partial charge in [-0.05, 0) is 42.0 Å². The van der Waals surface area contributed by atoms with Gasteiger partial charge in [0.15, 0.2) is 0 Å². The summed E-state index contributed by atoms with van der Waals surface area (Å²) in [5.74, 6) is -0.297. The molecular formula is C23H21ClN2O3S. The second kappa shape index (κ2) is 9.71. The number of nitrogens with zero attached hydrogens (tertiary/aromatic N) is 1. The Morgan fingerprint density at radius 1 is 0.967 bits per heavy atom. The Morgan fingerprint density at radius 3 is 2.23 bits per heavy atom. The molecule has 0 saturated heterocycles. The van der Waals surface area contributed by atoms with Gasteiger partial charge in [-0.2, -0.15) is 4.31 Å². The zero-order valence-electron chi connectivity index (χ0n) is 16.2. The number of benzene rings is 3. The van der Waals surface area contributed by atoms with E-state index >= 15 is 0 Å². The van der Waals surface area contributed by atoms with Crippen LogP contribution in [0.4, 0.5) is 5.69 Å². The van der Waals surface area contributed by atoms with Crippen molar-refractivity contribution in [3.63, 3.8) is 0 Å². The number of carbonyl (C=O) groups excluding carboxylic acids is 1. The first-order valence-electron chi connectivity index (χ1n) is 9.23. The highest BCUT2D eigenvalue weighted by Gasteiger charge is 2.23. The van der Waals surface area contributed by atoms with E-state index in [-0.39, 0.29) is 23.9 Å². The Balaban J connectivity index is 1.75. The number of nitrogens with one attached hydrogen (secondary N) is 1. The maximum absolute atomic E-state index is 12.9. The number of rotatable bonds is 8. The van der Waals surface area contributed by atoms with Gasteiger partial charge in [-0.25, -0.2) is 8.42 Å².